The average Bonchev–Trinajstić information content (AvgIpc) is 2.38. The minimum absolute atomic E-state index is 0.240. The molecule has 1 aliphatic heterocycles. The van der Waals surface area contributed by atoms with Crippen molar-refractivity contribution in [1.82, 2.24) is 5.32 Å². The number of nitrogens with one attached hydrogen (secondary N) is 1. The molecule has 1 aromatic carbocycles. The summed E-state index contributed by atoms with van der Waals surface area (Å²) in [6.45, 7) is 1.72. The highest BCUT2D eigenvalue weighted by Crippen LogP contribution is 2.25. The van der Waals surface area contributed by atoms with E-state index < -0.39 is 0 Å². The van der Waals surface area contributed by atoms with Crippen molar-refractivity contribution in [3.05, 3.63) is 29.3 Å². The Morgan fingerprint density at radius 3 is 3.24 bits per heavy atom. The predicted molar refractivity (Wildman–Crippen MR) is 64.0 cm³/mol. The largest absolute Gasteiger partial charge is 0.493 e. The smallest absolute Gasteiger partial charge is 0.319 e. The van der Waals surface area contributed by atoms with Gasteiger partial charge >= 0.3 is 5.97 Å². The van der Waals surface area contributed by atoms with Crippen molar-refractivity contribution in [3.63, 3.8) is 0 Å². The molecule has 0 fully saturated rings. The highest BCUT2D eigenvalue weighted by molar-refractivity contribution is 5.71. The molecule has 0 aromatic heterocycles. The minimum atomic E-state index is -0.244. The lowest BCUT2D eigenvalue weighted by Crippen LogP contribution is -2.23. The highest BCUT2D eigenvalue weighted by Gasteiger charge is 2.10. The van der Waals surface area contributed by atoms with E-state index in [9.17, 15) is 4.79 Å². The summed E-state index contributed by atoms with van der Waals surface area (Å²) < 4.78 is 10.1. The Labute approximate surface area is 101 Å². The number of ether oxygens (including phenoxy) is 2. The van der Waals surface area contributed by atoms with Crippen LogP contribution in [0.3, 0.4) is 0 Å². The maximum absolute atomic E-state index is 10.9. The summed E-state index contributed by atoms with van der Waals surface area (Å²) in [4.78, 5) is 10.9. The SMILES string of the molecule is COC(=O)CNCc1ccc2c(c1)CCCO2. The fraction of sp³-hybridized carbons (Fsp3) is 0.462. The van der Waals surface area contributed by atoms with Crippen LogP contribution in [0, 0.1) is 0 Å². The average molecular weight is 235 g/mol. The molecule has 1 aliphatic rings. The van der Waals surface area contributed by atoms with Gasteiger partial charge in [0, 0.05) is 6.54 Å². The Morgan fingerprint density at radius 1 is 1.53 bits per heavy atom. The van der Waals surface area contributed by atoms with Crippen LogP contribution in [-0.4, -0.2) is 26.2 Å². The zero-order valence-corrected chi connectivity index (χ0v) is 9.99. The molecule has 4 nitrogen and oxygen atoms in total. The quantitative estimate of drug-likeness (QED) is 0.798. The molecule has 1 heterocycles. The number of hydrogen-bond donors (Lipinski definition) is 1. The van der Waals surface area contributed by atoms with Crippen LogP contribution in [0.1, 0.15) is 17.5 Å². The Hall–Kier alpha value is -1.55. The number of carbonyl (C=O) groups is 1. The molecule has 0 amide bonds. The second-order valence-electron chi connectivity index (χ2n) is 4.07. The minimum Gasteiger partial charge on any atom is -0.493 e. The number of hydrogen-bond acceptors (Lipinski definition) is 4. The topological polar surface area (TPSA) is 47.6 Å². The lowest BCUT2D eigenvalue weighted by Gasteiger charge is -2.17. The van der Waals surface area contributed by atoms with Crippen molar-refractivity contribution in [3.8, 4) is 5.75 Å². The zero-order chi connectivity index (χ0) is 12.1. The molecule has 0 radical (unpaired) electrons. The molecule has 0 unspecified atom stereocenters. The van der Waals surface area contributed by atoms with Gasteiger partial charge in [-0.25, -0.2) is 0 Å². The second-order valence-corrected chi connectivity index (χ2v) is 4.07. The van der Waals surface area contributed by atoms with E-state index in [1.54, 1.807) is 0 Å². The van der Waals surface area contributed by atoms with Crippen LogP contribution in [0.2, 0.25) is 0 Å². The third-order valence-corrected chi connectivity index (χ3v) is 2.80. The Bertz CT molecular complexity index is 404. The van der Waals surface area contributed by atoms with E-state index in [1.165, 1.54) is 12.7 Å². The standard InChI is InChI=1S/C13H17NO3/c1-16-13(15)9-14-8-10-4-5-12-11(7-10)3-2-6-17-12/h4-5,7,14H,2-3,6,8-9H2,1H3. The van der Waals surface area contributed by atoms with Crippen LogP contribution in [0.25, 0.3) is 0 Å². The molecular formula is C13H17NO3. The summed E-state index contributed by atoms with van der Waals surface area (Å²) in [6, 6.07) is 6.16. The first-order chi connectivity index (χ1) is 8.29. The highest BCUT2D eigenvalue weighted by atomic mass is 16.5. The molecule has 1 N–H and O–H groups in total. The third kappa shape index (κ3) is 3.20. The molecule has 2 rings (SSSR count). The number of rotatable bonds is 4. The van der Waals surface area contributed by atoms with Gasteiger partial charge in [-0.05, 0) is 30.0 Å². The van der Waals surface area contributed by atoms with Crippen molar-refractivity contribution in [1.29, 1.82) is 0 Å². The van der Waals surface area contributed by atoms with Crippen LogP contribution in [-0.2, 0) is 22.5 Å². The molecule has 4 heteroatoms. The van der Waals surface area contributed by atoms with Crippen LogP contribution in [0.15, 0.2) is 18.2 Å². The van der Waals surface area contributed by atoms with Gasteiger partial charge in [-0.2, -0.15) is 0 Å². The Balaban J connectivity index is 1.91. The monoisotopic (exact) mass is 235 g/mol. The van der Waals surface area contributed by atoms with Gasteiger partial charge in [-0.1, -0.05) is 12.1 Å². The molecule has 0 saturated carbocycles. The summed E-state index contributed by atoms with van der Waals surface area (Å²) in [5.41, 5.74) is 2.42. The van der Waals surface area contributed by atoms with Gasteiger partial charge in [0.2, 0.25) is 0 Å². The molecule has 0 spiro atoms. The number of benzene rings is 1. The van der Waals surface area contributed by atoms with Crippen LogP contribution in [0.5, 0.6) is 5.75 Å². The maximum atomic E-state index is 10.9. The first-order valence-corrected chi connectivity index (χ1v) is 5.82. The first-order valence-electron chi connectivity index (χ1n) is 5.82. The normalized spacial score (nSPS) is 13.7. The molecular weight excluding hydrogens is 218 g/mol. The van der Waals surface area contributed by atoms with E-state index in [0.29, 0.717) is 6.54 Å². The second kappa shape index (κ2) is 5.68. The zero-order valence-electron chi connectivity index (χ0n) is 9.99. The number of fused-ring (bicyclic) bond motifs is 1. The van der Waals surface area contributed by atoms with Crippen molar-refractivity contribution in [2.45, 2.75) is 19.4 Å². The molecule has 92 valence electrons. The van der Waals surface area contributed by atoms with Gasteiger partial charge in [0.25, 0.3) is 0 Å². The predicted octanol–water partition coefficient (Wildman–Crippen LogP) is 1.27. The summed E-state index contributed by atoms with van der Waals surface area (Å²) in [7, 11) is 1.39. The van der Waals surface area contributed by atoms with Gasteiger partial charge in [0.1, 0.15) is 5.75 Å². The summed E-state index contributed by atoms with van der Waals surface area (Å²) in [6.07, 6.45) is 2.15. The van der Waals surface area contributed by atoms with Crippen molar-refractivity contribution in [2.75, 3.05) is 20.3 Å². The molecule has 17 heavy (non-hydrogen) atoms. The van der Waals surface area contributed by atoms with E-state index in [1.807, 2.05) is 12.1 Å². The van der Waals surface area contributed by atoms with Gasteiger partial charge in [0.15, 0.2) is 0 Å². The molecule has 1 aromatic rings. The third-order valence-electron chi connectivity index (χ3n) is 2.80. The lowest BCUT2D eigenvalue weighted by molar-refractivity contribution is -0.139. The van der Waals surface area contributed by atoms with Gasteiger partial charge in [-0.15, -0.1) is 0 Å². The van der Waals surface area contributed by atoms with E-state index in [2.05, 4.69) is 16.1 Å². The summed E-state index contributed by atoms with van der Waals surface area (Å²) in [5, 5.41) is 3.04. The van der Waals surface area contributed by atoms with Gasteiger partial charge in [-0.3, -0.25) is 4.79 Å². The van der Waals surface area contributed by atoms with Crippen molar-refractivity contribution >= 4 is 5.97 Å². The number of methoxy groups -OCH3 is 1. The maximum Gasteiger partial charge on any atom is 0.319 e. The fourth-order valence-electron chi connectivity index (χ4n) is 1.90. The van der Waals surface area contributed by atoms with Crippen molar-refractivity contribution < 1.29 is 14.3 Å². The Kier molecular flexibility index (Phi) is 3.98. The fourth-order valence-corrected chi connectivity index (χ4v) is 1.90. The Morgan fingerprint density at radius 2 is 2.41 bits per heavy atom. The summed E-state index contributed by atoms with van der Waals surface area (Å²) >= 11 is 0. The van der Waals surface area contributed by atoms with Crippen LogP contribution < -0.4 is 10.1 Å². The first kappa shape index (κ1) is 11.9. The van der Waals surface area contributed by atoms with Crippen molar-refractivity contribution in [2.24, 2.45) is 0 Å². The molecule has 0 aliphatic carbocycles. The van der Waals surface area contributed by atoms with Gasteiger partial charge in [0.05, 0.1) is 20.3 Å². The van der Waals surface area contributed by atoms with Gasteiger partial charge < -0.3 is 14.8 Å². The summed E-state index contributed by atoms with van der Waals surface area (Å²) in [5.74, 6) is 0.749. The van der Waals surface area contributed by atoms with E-state index >= 15 is 0 Å². The number of carbonyl (C=O) groups excluding carboxylic acids is 1. The lowest BCUT2D eigenvalue weighted by atomic mass is 10.0. The number of aryl methyl sites for hydroxylation is 1. The number of esters is 1. The molecule has 0 atom stereocenters. The van der Waals surface area contributed by atoms with Crippen LogP contribution in [0.4, 0.5) is 0 Å². The van der Waals surface area contributed by atoms with E-state index in [0.717, 1.165) is 30.8 Å². The molecule has 0 saturated heterocycles. The molecule has 0 bridgehead atoms. The van der Waals surface area contributed by atoms with E-state index in [4.69, 9.17) is 4.74 Å². The van der Waals surface area contributed by atoms with E-state index in [-0.39, 0.29) is 12.5 Å². The van der Waals surface area contributed by atoms with Crippen LogP contribution >= 0.6 is 0 Å².